The summed E-state index contributed by atoms with van der Waals surface area (Å²) in [5, 5.41) is 9.36. The molecule has 0 radical (unpaired) electrons. The number of carbonyl (C=O) groups excluding carboxylic acids is 1. The van der Waals surface area contributed by atoms with E-state index < -0.39 is 5.92 Å². The lowest BCUT2D eigenvalue weighted by Gasteiger charge is -2.31. The number of carbonyl (C=O) groups is 1. The van der Waals surface area contributed by atoms with Crippen molar-refractivity contribution in [3.05, 3.63) is 35.9 Å². The molecular formula is C17H22N2O3. The number of hydrogen-bond donors (Lipinski definition) is 0. The van der Waals surface area contributed by atoms with Gasteiger partial charge in [0.05, 0.1) is 12.7 Å². The minimum absolute atomic E-state index is 0.0408. The van der Waals surface area contributed by atoms with Gasteiger partial charge in [0.25, 0.3) is 0 Å². The van der Waals surface area contributed by atoms with Gasteiger partial charge in [0.15, 0.2) is 5.78 Å². The molecule has 0 N–H and O–H groups in total. The van der Waals surface area contributed by atoms with Gasteiger partial charge in [-0.15, -0.1) is 0 Å². The zero-order chi connectivity index (χ0) is 15.8. The summed E-state index contributed by atoms with van der Waals surface area (Å²) >= 11 is 0. The predicted molar refractivity (Wildman–Crippen MR) is 81.7 cm³/mol. The molecule has 1 saturated heterocycles. The van der Waals surface area contributed by atoms with Crippen molar-refractivity contribution in [3.8, 4) is 6.07 Å². The second kappa shape index (κ2) is 8.64. The van der Waals surface area contributed by atoms with Crippen molar-refractivity contribution in [2.75, 3.05) is 26.4 Å². The van der Waals surface area contributed by atoms with Crippen molar-refractivity contribution in [1.29, 1.82) is 5.26 Å². The summed E-state index contributed by atoms with van der Waals surface area (Å²) < 4.78 is 0. The van der Waals surface area contributed by atoms with Crippen LogP contribution in [0.25, 0.3) is 0 Å². The maximum Gasteiger partial charge on any atom is 0.157 e. The van der Waals surface area contributed by atoms with Gasteiger partial charge in [-0.25, -0.2) is 9.78 Å². The van der Waals surface area contributed by atoms with Crippen molar-refractivity contribution >= 4 is 5.78 Å². The summed E-state index contributed by atoms with van der Waals surface area (Å²) in [7, 11) is 0. The number of hydrogen-bond acceptors (Lipinski definition) is 5. The Hall–Kier alpha value is -1.74. The Kier molecular flexibility index (Phi) is 6.53. The highest BCUT2D eigenvalue weighted by atomic mass is 17.2. The molecule has 1 fully saturated rings. The van der Waals surface area contributed by atoms with Crippen molar-refractivity contribution in [2.24, 2.45) is 5.92 Å². The molecule has 5 nitrogen and oxygen atoms in total. The standard InChI is InChI=1S/C17H22N2O3/c1-2-21-22-13-19-10-8-15(9-11-19)17(20)16(12-18)14-6-4-3-5-7-14/h3-7,15-16H,2,8-11,13H2,1H3. The van der Waals surface area contributed by atoms with E-state index >= 15 is 0 Å². The molecule has 2 rings (SSSR count). The van der Waals surface area contributed by atoms with Crippen molar-refractivity contribution in [3.63, 3.8) is 0 Å². The van der Waals surface area contributed by atoms with Crippen LogP contribution in [0.5, 0.6) is 0 Å². The predicted octanol–water partition coefficient (Wildman–Crippen LogP) is 2.50. The van der Waals surface area contributed by atoms with Crippen molar-refractivity contribution in [1.82, 2.24) is 4.90 Å². The molecule has 0 spiro atoms. The van der Waals surface area contributed by atoms with Crippen LogP contribution in [0.2, 0.25) is 0 Å². The fourth-order valence-electron chi connectivity index (χ4n) is 2.73. The van der Waals surface area contributed by atoms with E-state index in [0.717, 1.165) is 31.5 Å². The third kappa shape index (κ3) is 4.38. The van der Waals surface area contributed by atoms with Gasteiger partial charge in [-0.3, -0.25) is 9.69 Å². The number of likely N-dealkylation sites (tertiary alicyclic amines) is 1. The first kappa shape index (κ1) is 16.6. The van der Waals surface area contributed by atoms with Crippen LogP contribution in [-0.4, -0.2) is 37.1 Å². The Balaban J connectivity index is 1.88. The molecule has 5 heteroatoms. The lowest BCUT2D eigenvalue weighted by atomic mass is 9.83. The third-order valence-corrected chi connectivity index (χ3v) is 3.97. The highest BCUT2D eigenvalue weighted by Gasteiger charge is 2.31. The van der Waals surface area contributed by atoms with Crippen LogP contribution in [0.15, 0.2) is 30.3 Å². The van der Waals surface area contributed by atoms with Crippen LogP contribution >= 0.6 is 0 Å². The van der Waals surface area contributed by atoms with Crippen LogP contribution in [-0.2, 0) is 14.6 Å². The molecule has 0 saturated carbocycles. The van der Waals surface area contributed by atoms with Crippen LogP contribution in [0.4, 0.5) is 0 Å². The van der Waals surface area contributed by atoms with E-state index in [2.05, 4.69) is 11.0 Å². The first-order valence-electron chi connectivity index (χ1n) is 7.71. The quantitative estimate of drug-likeness (QED) is 0.440. The fraction of sp³-hybridized carbons (Fsp3) is 0.529. The van der Waals surface area contributed by atoms with Crippen LogP contribution < -0.4 is 0 Å². The molecule has 1 aliphatic rings. The Labute approximate surface area is 131 Å². The molecule has 1 heterocycles. The van der Waals surface area contributed by atoms with Gasteiger partial charge in [0.2, 0.25) is 0 Å². The maximum atomic E-state index is 12.6. The summed E-state index contributed by atoms with van der Waals surface area (Å²) in [6, 6.07) is 11.5. The van der Waals surface area contributed by atoms with Gasteiger partial charge in [0.1, 0.15) is 12.6 Å². The number of rotatable bonds is 7. The van der Waals surface area contributed by atoms with E-state index in [9.17, 15) is 10.1 Å². The Morgan fingerprint density at radius 1 is 1.32 bits per heavy atom. The molecule has 0 aromatic heterocycles. The van der Waals surface area contributed by atoms with E-state index in [-0.39, 0.29) is 11.7 Å². The molecule has 1 aliphatic heterocycles. The minimum atomic E-state index is -0.655. The Morgan fingerprint density at radius 3 is 2.59 bits per heavy atom. The number of Topliss-reactive ketones (excluding diaryl/α,β-unsaturated/α-hetero) is 1. The van der Waals surface area contributed by atoms with E-state index in [1.807, 2.05) is 37.3 Å². The molecule has 0 bridgehead atoms. The number of nitriles is 1. The van der Waals surface area contributed by atoms with Gasteiger partial charge in [-0.2, -0.15) is 5.26 Å². The fourth-order valence-corrected chi connectivity index (χ4v) is 2.73. The first-order chi connectivity index (χ1) is 10.8. The highest BCUT2D eigenvalue weighted by molar-refractivity contribution is 5.90. The summed E-state index contributed by atoms with van der Waals surface area (Å²) in [5.41, 5.74) is 0.789. The van der Waals surface area contributed by atoms with Crippen molar-refractivity contribution < 1.29 is 14.6 Å². The SMILES string of the molecule is CCOOCN1CCC(C(=O)C(C#N)c2ccccc2)CC1. The molecule has 22 heavy (non-hydrogen) atoms. The van der Waals surface area contributed by atoms with Crippen LogP contribution in [0.3, 0.4) is 0 Å². The van der Waals surface area contributed by atoms with Gasteiger partial charge < -0.3 is 0 Å². The maximum absolute atomic E-state index is 12.6. The molecule has 1 aromatic rings. The molecule has 0 aliphatic carbocycles. The average Bonchev–Trinajstić information content (AvgIpc) is 2.57. The van der Waals surface area contributed by atoms with E-state index in [0.29, 0.717) is 13.3 Å². The zero-order valence-corrected chi connectivity index (χ0v) is 12.9. The molecular weight excluding hydrogens is 280 g/mol. The number of piperidine rings is 1. The van der Waals surface area contributed by atoms with Crippen LogP contribution in [0.1, 0.15) is 31.2 Å². The molecule has 0 amide bonds. The molecule has 1 atom stereocenters. The van der Waals surface area contributed by atoms with Gasteiger partial charge in [-0.1, -0.05) is 30.3 Å². The third-order valence-electron chi connectivity index (χ3n) is 3.97. The van der Waals surface area contributed by atoms with E-state index in [1.54, 1.807) is 0 Å². The lowest BCUT2D eigenvalue weighted by Crippen LogP contribution is -2.38. The van der Waals surface area contributed by atoms with Gasteiger partial charge in [0, 0.05) is 19.0 Å². The van der Waals surface area contributed by atoms with Crippen molar-refractivity contribution in [2.45, 2.75) is 25.7 Å². The number of ketones is 1. The highest BCUT2D eigenvalue weighted by Crippen LogP contribution is 2.26. The number of nitrogens with zero attached hydrogens (tertiary/aromatic N) is 2. The zero-order valence-electron chi connectivity index (χ0n) is 12.9. The lowest BCUT2D eigenvalue weighted by molar-refractivity contribution is -0.313. The Bertz CT molecular complexity index is 504. The van der Waals surface area contributed by atoms with Gasteiger partial charge in [-0.05, 0) is 25.3 Å². The summed E-state index contributed by atoms with van der Waals surface area (Å²) in [5.74, 6) is -0.662. The summed E-state index contributed by atoms with van der Waals surface area (Å²) in [6.45, 7) is 4.40. The molecule has 1 unspecified atom stereocenters. The van der Waals surface area contributed by atoms with Crippen LogP contribution in [0, 0.1) is 17.2 Å². The Morgan fingerprint density at radius 2 is 2.00 bits per heavy atom. The van der Waals surface area contributed by atoms with E-state index in [1.165, 1.54) is 0 Å². The largest absolute Gasteiger partial charge is 0.298 e. The topological polar surface area (TPSA) is 62.6 Å². The van der Waals surface area contributed by atoms with E-state index in [4.69, 9.17) is 9.78 Å². The summed E-state index contributed by atoms with van der Waals surface area (Å²) in [6.07, 6.45) is 1.53. The minimum Gasteiger partial charge on any atom is -0.298 e. The van der Waals surface area contributed by atoms with Gasteiger partial charge >= 0.3 is 0 Å². The molecule has 1 aromatic carbocycles. The average molecular weight is 302 g/mol. The monoisotopic (exact) mass is 302 g/mol. The first-order valence-corrected chi connectivity index (χ1v) is 7.71. The second-order valence-electron chi connectivity index (χ2n) is 5.42. The normalized spacial score (nSPS) is 17.8. The second-order valence-corrected chi connectivity index (χ2v) is 5.42. The molecule has 118 valence electrons. The number of benzene rings is 1. The smallest absolute Gasteiger partial charge is 0.157 e. The summed E-state index contributed by atoms with van der Waals surface area (Å²) in [4.78, 5) is 24.6.